The van der Waals surface area contributed by atoms with Crippen LogP contribution in [0.5, 0.6) is 0 Å². The quantitative estimate of drug-likeness (QED) is 0.778. The van der Waals surface area contributed by atoms with Crippen LogP contribution in [0.4, 0.5) is 18.9 Å². The molecule has 1 aromatic heterocycles. The van der Waals surface area contributed by atoms with Crippen molar-refractivity contribution in [3.05, 3.63) is 42.5 Å². The Morgan fingerprint density at radius 3 is 2.18 bits per heavy atom. The van der Waals surface area contributed by atoms with Gasteiger partial charge in [-0.25, -0.2) is 9.97 Å². The van der Waals surface area contributed by atoms with Crippen molar-refractivity contribution in [2.24, 2.45) is 0 Å². The van der Waals surface area contributed by atoms with Crippen molar-refractivity contribution < 1.29 is 13.2 Å². The van der Waals surface area contributed by atoms with Gasteiger partial charge in [-0.3, -0.25) is 0 Å². The highest BCUT2D eigenvalue weighted by molar-refractivity contribution is 5.67. The number of alkyl halides is 3. The van der Waals surface area contributed by atoms with Gasteiger partial charge >= 0.3 is 6.18 Å². The van der Waals surface area contributed by atoms with Gasteiger partial charge < -0.3 is 5.73 Å². The van der Waals surface area contributed by atoms with Crippen LogP contribution in [-0.2, 0) is 6.18 Å². The minimum absolute atomic E-state index is 0.0543. The molecule has 6 heteroatoms. The van der Waals surface area contributed by atoms with E-state index in [0.717, 1.165) is 12.1 Å². The largest absolute Gasteiger partial charge is 0.416 e. The molecule has 0 spiro atoms. The second kappa shape index (κ2) is 4.04. The summed E-state index contributed by atoms with van der Waals surface area (Å²) in [5, 5.41) is 0. The molecule has 1 heterocycles. The molecule has 0 atom stereocenters. The van der Waals surface area contributed by atoms with E-state index >= 15 is 0 Å². The number of aromatic nitrogens is 2. The van der Waals surface area contributed by atoms with Gasteiger partial charge in [-0.2, -0.15) is 13.2 Å². The van der Waals surface area contributed by atoms with Gasteiger partial charge in [-0.15, -0.1) is 0 Å². The number of hydrogen-bond acceptors (Lipinski definition) is 3. The number of anilines is 1. The third-order valence-electron chi connectivity index (χ3n) is 2.18. The average molecular weight is 239 g/mol. The van der Waals surface area contributed by atoms with Crippen molar-refractivity contribution in [1.82, 2.24) is 9.97 Å². The van der Waals surface area contributed by atoms with Crippen LogP contribution in [0.15, 0.2) is 36.9 Å². The molecule has 1 aromatic carbocycles. The fourth-order valence-corrected chi connectivity index (χ4v) is 1.43. The Morgan fingerprint density at radius 2 is 1.59 bits per heavy atom. The third-order valence-corrected chi connectivity index (χ3v) is 2.18. The Morgan fingerprint density at radius 1 is 0.941 bits per heavy atom. The first-order valence-electron chi connectivity index (χ1n) is 4.70. The minimum atomic E-state index is -4.42. The zero-order valence-corrected chi connectivity index (χ0v) is 8.57. The number of nitrogens with zero attached hydrogens (tertiary/aromatic N) is 2. The lowest BCUT2D eigenvalue weighted by Crippen LogP contribution is -2.06. The topological polar surface area (TPSA) is 51.8 Å². The number of hydrogen-bond donors (Lipinski definition) is 1. The van der Waals surface area contributed by atoms with Gasteiger partial charge in [-0.05, 0) is 23.8 Å². The van der Waals surface area contributed by atoms with Gasteiger partial charge in [0.15, 0.2) is 0 Å². The molecule has 0 fully saturated rings. The van der Waals surface area contributed by atoms with E-state index in [-0.39, 0.29) is 5.69 Å². The van der Waals surface area contributed by atoms with Crippen molar-refractivity contribution in [1.29, 1.82) is 0 Å². The molecule has 0 radical (unpaired) electrons. The lowest BCUT2D eigenvalue weighted by atomic mass is 10.0. The van der Waals surface area contributed by atoms with E-state index in [0.29, 0.717) is 11.1 Å². The molecule has 0 saturated carbocycles. The fraction of sp³-hybridized carbons (Fsp3) is 0.0909. The molecular formula is C11H8F3N3. The smallest absolute Gasteiger partial charge is 0.399 e. The Kier molecular flexibility index (Phi) is 2.71. The van der Waals surface area contributed by atoms with E-state index in [1.165, 1.54) is 24.8 Å². The van der Waals surface area contributed by atoms with Crippen molar-refractivity contribution in [3.8, 4) is 11.1 Å². The van der Waals surface area contributed by atoms with Crippen molar-refractivity contribution >= 4 is 5.69 Å². The van der Waals surface area contributed by atoms with E-state index in [2.05, 4.69) is 9.97 Å². The summed E-state index contributed by atoms with van der Waals surface area (Å²) in [6.45, 7) is 0. The van der Waals surface area contributed by atoms with E-state index in [1.54, 1.807) is 0 Å². The summed E-state index contributed by atoms with van der Waals surface area (Å²) in [4.78, 5) is 7.50. The second-order valence-corrected chi connectivity index (χ2v) is 3.47. The summed E-state index contributed by atoms with van der Waals surface area (Å²) < 4.78 is 37.7. The Labute approximate surface area is 95.1 Å². The number of nitrogen functional groups attached to an aromatic ring is 1. The van der Waals surface area contributed by atoms with E-state index in [4.69, 9.17) is 5.73 Å². The summed E-state index contributed by atoms with van der Waals surface area (Å²) >= 11 is 0. The first-order valence-corrected chi connectivity index (χ1v) is 4.70. The van der Waals surface area contributed by atoms with Gasteiger partial charge in [-0.1, -0.05) is 0 Å². The van der Waals surface area contributed by atoms with Crippen LogP contribution in [0.1, 0.15) is 5.56 Å². The maximum Gasteiger partial charge on any atom is 0.416 e. The normalized spacial score (nSPS) is 11.5. The molecule has 2 N–H and O–H groups in total. The summed E-state index contributed by atoms with van der Waals surface area (Å²) in [5.41, 5.74) is 5.56. The number of rotatable bonds is 1. The molecule has 2 aromatic rings. The minimum Gasteiger partial charge on any atom is -0.399 e. The zero-order chi connectivity index (χ0) is 12.5. The number of nitrogens with two attached hydrogens (primary N) is 1. The van der Waals surface area contributed by atoms with Crippen LogP contribution in [0, 0.1) is 0 Å². The summed E-state index contributed by atoms with van der Waals surface area (Å²) in [6, 6.07) is 3.37. The van der Waals surface area contributed by atoms with E-state index < -0.39 is 11.7 Å². The molecule has 0 aliphatic carbocycles. The molecule has 0 unspecified atom stereocenters. The predicted molar refractivity (Wildman–Crippen MR) is 56.9 cm³/mol. The highest BCUT2D eigenvalue weighted by atomic mass is 19.4. The van der Waals surface area contributed by atoms with Crippen molar-refractivity contribution in [3.63, 3.8) is 0 Å². The lowest BCUT2D eigenvalue weighted by Gasteiger charge is -2.10. The van der Waals surface area contributed by atoms with Gasteiger partial charge in [0.25, 0.3) is 0 Å². The van der Waals surface area contributed by atoms with E-state index in [1.807, 2.05) is 0 Å². The molecule has 3 nitrogen and oxygen atoms in total. The maximum absolute atomic E-state index is 12.6. The monoisotopic (exact) mass is 239 g/mol. The lowest BCUT2D eigenvalue weighted by molar-refractivity contribution is -0.137. The standard InChI is InChI=1S/C11H8F3N3/c12-11(13,14)9-1-7(2-10(15)3-9)8-4-16-6-17-5-8/h1-6H,15H2. The van der Waals surface area contributed by atoms with Crippen LogP contribution in [-0.4, -0.2) is 9.97 Å². The fourth-order valence-electron chi connectivity index (χ4n) is 1.43. The van der Waals surface area contributed by atoms with Crippen LogP contribution >= 0.6 is 0 Å². The van der Waals surface area contributed by atoms with Crippen molar-refractivity contribution in [2.45, 2.75) is 6.18 Å². The SMILES string of the molecule is Nc1cc(-c2cncnc2)cc(C(F)(F)F)c1. The first-order chi connectivity index (χ1) is 7.97. The Balaban J connectivity index is 2.54. The Hall–Kier alpha value is -2.11. The summed E-state index contributed by atoms with van der Waals surface area (Å²) in [6.07, 6.45) is -0.246. The van der Waals surface area contributed by atoms with Crippen LogP contribution in [0.25, 0.3) is 11.1 Å². The van der Waals surface area contributed by atoms with Crippen LogP contribution in [0.3, 0.4) is 0 Å². The molecule has 17 heavy (non-hydrogen) atoms. The first kappa shape index (κ1) is 11.4. The molecule has 0 aliphatic rings. The van der Waals surface area contributed by atoms with Crippen molar-refractivity contribution in [2.75, 3.05) is 5.73 Å². The van der Waals surface area contributed by atoms with Crippen LogP contribution < -0.4 is 5.73 Å². The Bertz CT molecular complexity index is 523. The second-order valence-electron chi connectivity index (χ2n) is 3.47. The summed E-state index contributed by atoms with van der Waals surface area (Å²) in [7, 11) is 0. The van der Waals surface area contributed by atoms with Gasteiger partial charge in [0.2, 0.25) is 0 Å². The van der Waals surface area contributed by atoms with Gasteiger partial charge in [0.1, 0.15) is 6.33 Å². The van der Waals surface area contributed by atoms with Gasteiger partial charge in [0.05, 0.1) is 5.56 Å². The highest BCUT2D eigenvalue weighted by Gasteiger charge is 2.31. The summed E-state index contributed by atoms with van der Waals surface area (Å²) in [5.74, 6) is 0. The number of halogens is 3. The number of benzene rings is 1. The molecule has 2 rings (SSSR count). The molecule has 88 valence electrons. The molecule has 0 bridgehead atoms. The molecule has 0 saturated heterocycles. The van der Waals surface area contributed by atoms with Crippen LogP contribution in [0.2, 0.25) is 0 Å². The zero-order valence-electron chi connectivity index (χ0n) is 8.57. The third kappa shape index (κ3) is 2.52. The predicted octanol–water partition coefficient (Wildman–Crippen LogP) is 2.74. The maximum atomic E-state index is 12.6. The molecule has 0 amide bonds. The molecule has 0 aliphatic heterocycles. The van der Waals surface area contributed by atoms with E-state index in [9.17, 15) is 13.2 Å². The average Bonchev–Trinajstić information content (AvgIpc) is 2.28. The van der Waals surface area contributed by atoms with Gasteiger partial charge in [0, 0.05) is 23.6 Å². The highest BCUT2D eigenvalue weighted by Crippen LogP contribution is 2.33. The molecular weight excluding hydrogens is 231 g/mol.